The summed E-state index contributed by atoms with van der Waals surface area (Å²) in [6.45, 7) is 2.78. The van der Waals surface area contributed by atoms with Crippen molar-refractivity contribution in [1.82, 2.24) is 10.2 Å². The summed E-state index contributed by atoms with van der Waals surface area (Å²) in [5.41, 5.74) is 0. The lowest BCUT2D eigenvalue weighted by molar-refractivity contribution is -0.140. The zero-order chi connectivity index (χ0) is 12.0. The van der Waals surface area contributed by atoms with Crippen LogP contribution in [0.25, 0.3) is 0 Å². The zero-order valence-electron chi connectivity index (χ0n) is 8.83. The molecule has 1 heterocycles. The van der Waals surface area contributed by atoms with E-state index >= 15 is 0 Å². The maximum absolute atomic E-state index is 10.7. The van der Waals surface area contributed by atoms with E-state index in [0.29, 0.717) is 26.1 Å². The largest absolute Gasteiger partial charge is 0.694 e. The molecule has 1 aliphatic heterocycles. The van der Waals surface area contributed by atoms with Crippen LogP contribution in [0.4, 0.5) is 0 Å². The van der Waals surface area contributed by atoms with E-state index in [0.717, 1.165) is 6.54 Å². The molecule has 0 spiro atoms. The van der Waals surface area contributed by atoms with Crippen LogP contribution in [0.15, 0.2) is 0 Å². The van der Waals surface area contributed by atoms with Crippen molar-refractivity contribution in [2.24, 2.45) is 0 Å². The first-order valence-corrected chi connectivity index (χ1v) is 6.20. The molecule has 1 unspecified atom stereocenters. The summed E-state index contributed by atoms with van der Waals surface area (Å²) >= 11 is 0. The molecule has 1 aliphatic rings. The van der Waals surface area contributed by atoms with E-state index in [1.807, 2.05) is 4.90 Å². The number of carboxylic acid groups (broad SMARTS) is 1. The Balaban J connectivity index is 2.17. The molecule has 1 rings (SSSR count). The second kappa shape index (κ2) is 6.88. The van der Waals surface area contributed by atoms with Crippen LogP contribution >= 0.6 is 8.25 Å². The lowest BCUT2D eigenvalue weighted by Crippen LogP contribution is -2.54. The highest BCUT2D eigenvalue weighted by atomic mass is 31.1. The van der Waals surface area contributed by atoms with Gasteiger partial charge in [0, 0.05) is 30.7 Å². The van der Waals surface area contributed by atoms with Crippen molar-refractivity contribution in [3.05, 3.63) is 0 Å². The van der Waals surface area contributed by atoms with E-state index in [4.69, 9.17) is 10.00 Å². The predicted octanol–water partition coefficient (Wildman–Crippen LogP) is -0.599. The van der Waals surface area contributed by atoms with Crippen molar-refractivity contribution in [3.8, 4) is 0 Å². The van der Waals surface area contributed by atoms with E-state index in [-0.39, 0.29) is 6.61 Å². The fourth-order valence-electron chi connectivity index (χ4n) is 1.61. The molecule has 2 atom stereocenters. The summed E-state index contributed by atoms with van der Waals surface area (Å²) in [5, 5.41) is 11.7. The van der Waals surface area contributed by atoms with Gasteiger partial charge in [-0.2, -0.15) is 0 Å². The summed E-state index contributed by atoms with van der Waals surface area (Å²) in [7, 11) is -2.52. The highest BCUT2D eigenvalue weighted by molar-refractivity contribution is 7.32. The molecule has 0 bridgehead atoms. The third kappa shape index (κ3) is 4.96. The highest BCUT2D eigenvalue weighted by Crippen LogP contribution is 2.14. The fourth-order valence-corrected chi connectivity index (χ4v) is 1.90. The quantitative estimate of drug-likeness (QED) is 0.428. The van der Waals surface area contributed by atoms with E-state index in [9.17, 15) is 9.36 Å². The molecule has 0 radical (unpaired) electrons. The number of rotatable bonds is 6. The van der Waals surface area contributed by atoms with Gasteiger partial charge in [-0.3, -0.25) is 9.69 Å². The first-order chi connectivity index (χ1) is 7.59. The van der Waals surface area contributed by atoms with Crippen LogP contribution < -0.4 is 5.32 Å². The topological polar surface area (TPSA) is 99.1 Å². The smallest absolute Gasteiger partial charge is 0.480 e. The zero-order valence-corrected chi connectivity index (χ0v) is 9.73. The fraction of sp³-hybridized carbons (Fsp3) is 0.875. The van der Waals surface area contributed by atoms with E-state index in [1.54, 1.807) is 0 Å². The van der Waals surface area contributed by atoms with Gasteiger partial charge in [-0.15, -0.1) is 9.42 Å². The molecule has 0 aromatic carbocycles. The number of carboxylic acids is 1. The second-order valence-corrected chi connectivity index (χ2v) is 4.30. The van der Waals surface area contributed by atoms with Crippen molar-refractivity contribution in [3.63, 3.8) is 0 Å². The Kier molecular flexibility index (Phi) is 5.79. The number of hydrogen-bond acceptors (Lipinski definition) is 5. The van der Waals surface area contributed by atoms with Crippen LogP contribution in [-0.2, 0) is 13.9 Å². The van der Waals surface area contributed by atoms with Crippen molar-refractivity contribution in [2.75, 3.05) is 32.8 Å². The average molecular weight is 251 g/mol. The third-order valence-corrected chi connectivity index (χ3v) is 2.78. The van der Waals surface area contributed by atoms with E-state index < -0.39 is 20.3 Å². The summed E-state index contributed by atoms with van der Waals surface area (Å²) in [6.07, 6.45) is 0.619. The van der Waals surface area contributed by atoms with Crippen molar-refractivity contribution in [2.45, 2.75) is 12.5 Å². The lowest BCUT2D eigenvalue weighted by Gasteiger charge is -2.31. The van der Waals surface area contributed by atoms with Crippen LogP contribution in [0.1, 0.15) is 6.42 Å². The Morgan fingerprint density at radius 1 is 1.62 bits per heavy atom. The molecule has 0 saturated carbocycles. The van der Waals surface area contributed by atoms with Gasteiger partial charge in [-0.05, 0) is 6.42 Å². The van der Waals surface area contributed by atoms with Crippen LogP contribution in [0.3, 0.4) is 0 Å². The molecule has 92 valence electrons. The minimum atomic E-state index is -2.52. The lowest BCUT2D eigenvalue weighted by atomic mass is 10.2. The van der Waals surface area contributed by atoms with Crippen LogP contribution in [0.5, 0.6) is 0 Å². The minimum absolute atomic E-state index is 0.216. The molecule has 8 heteroatoms. The van der Waals surface area contributed by atoms with E-state index in [2.05, 4.69) is 9.84 Å². The highest BCUT2D eigenvalue weighted by Gasteiger charge is 2.24. The second-order valence-electron chi connectivity index (χ2n) is 3.57. The van der Waals surface area contributed by atoms with Crippen LogP contribution in [0.2, 0.25) is 0 Å². The van der Waals surface area contributed by atoms with Gasteiger partial charge in [0.1, 0.15) is 12.6 Å². The number of hydrogen-bond donors (Lipinski definition) is 3. The Morgan fingerprint density at radius 2 is 2.38 bits per heavy atom. The number of nitrogens with zero attached hydrogens (tertiary/aromatic N) is 1. The third-order valence-electron chi connectivity index (χ3n) is 2.38. The van der Waals surface area contributed by atoms with Crippen LogP contribution in [-0.4, -0.2) is 59.7 Å². The minimum Gasteiger partial charge on any atom is -0.480 e. The molecule has 0 aromatic rings. The van der Waals surface area contributed by atoms with Gasteiger partial charge in [0.05, 0.1) is 0 Å². The van der Waals surface area contributed by atoms with Gasteiger partial charge in [0.15, 0.2) is 0 Å². The molecule has 0 aliphatic carbocycles. The van der Waals surface area contributed by atoms with Gasteiger partial charge in [0.2, 0.25) is 0 Å². The summed E-state index contributed by atoms with van der Waals surface area (Å²) in [5.74, 6) is -0.848. The molecule has 0 amide bonds. The van der Waals surface area contributed by atoms with E-state index in [1.165, 1.54) is 0 Å². The van der Waals surface area contributed by atoms with Crippen molar-refractivity contribution in [1.29, 1.82) is 0 Å². The van der Waals surface area contributed by atoms with Gasteiger partial charge in [0.25, 0.3) is 0 Å². The number of carbonyl (C=O) groups is 1. The first-order valence-electron chi connectivity index (χ1n) is 5.07. The molecule has 7 nitrogen and oxygen atoms in total. The molecular formula is C8H16N2O5P+. The normalized spacial score (nSPS) is 23.1. The Morgan fingerprint density at radius 3 is 3.00 bits per heavy atom. The monoisotopic (exact) mass is 251 g/mol. The molecule has 0 aromatic heterocycles. The maximum Gasteiger partial charge on any atom is 0.694 e. The number of piperazine rings is 1. The SMILES string of the molecule is O=C(O)[C@H]1CN(CCCO[P+](=O)O)CCN1. The summed E-state index contributed by atoms with van der Waals surface area (Å²) < 4.78 is 14.7. The summed E-state index contributed by atoms with van der Waals surface area (Å²) in [4.78, 5) is 21.1. The molecule has 1 fully saturated rings. The van der Waals surface area contributed by atoms with Gasteiger partial charge < -0.3 is 10.4 Å². The molecule has 3 N–H and O–H groups in total. The average Bonchev–Trinajstić information content (AvgIpc) is 2.24. The van der Waals surface area contributed by atoms with Crippen molar-refractivity contribution >= 4 is 14.2 Å². The van der Waals surface area contributed by atoms with Gasteiger partial charge in [-0.1, -0.05) is 0 Å². The molecular weight excluding hydrogens is 235 g/mol. The number of aliphatic carboxylic acids is 1. The van der Waals surface area contributed by atoms with Crippen molar-refractivity contribution < 1.29 is 23.9 Å². The standard InChI is InChI=1S/C8H15N2O5P/c11-8(12)7-6-10(4-2-9-7)3-1-5-15-16(13)14/h7,9H,1-6H2,(H-,11,12,13,14)/p+1/t7-/m1/s1. The maximum atomic E-state index is 10.7. The summed E-state index contributed by atoms with van der Waals surface area (Å²) in [6, 6.07) is -0.524. The molecule has 1 saturated heterocycles. The Labute approximate surface area is 94.3 Å². The first kappa shape index (κ1) is 13.5. The van der Waals surface area contributed by atoms with Gasteiger partial charge >= 0.3 is 14.2 Å². The molecule has 16 heavy (non-hydrogen) atoms. The van der Waals surface area contributed by atoms with Gasteiger partial charge in [-0.25, -0.2) is 0 Å². The number of nitrogens with one attached hydrogen (secondary N) is 1. The predicted molar refractivity (Wildman–Crippen MR) is 56.3 cm³/mol. The van der Waals surface area contributed by atoms with Crippen LogP contribution in [0, 0.1) is 0 Å². The Bertz CT molecular complexity index is 263. The Hall–Kier alpha value is -0.590.